The molecule has 0 fully saturated rings. The van der Waals surface area contributed by atoms with Crippen molar-refractivity contribution in [2.24, 2.45) is 7.05 Å². The number of quaternary nitrogens is 1. The number of aryl methyl sites for hydroxylation is 1. The van der Waals surface area contributed by atoms with Crippen LogP contribution in [0.4, 0.5) is 0 Å². The number of benzene rings is 2. The molecule has 0 saturated heterocycles. The number of hydrogen-bond acceptors (Lipinski definition) is 2. The fourth-order valence-electron chi connectivity index (χ4n) is 4.14. The highest BCUT2D eigenvalue weighted by Crippen LogP contribution is 2.28. The first kappa shape index (κ1) is 16.9. The third-order valence-electron chi connectivity index (χ3n) is 5.70. The fourth-order valence-corrected chi connectivity index (χ4v) is 4.14. The van der Waals surface area contributed by atoms with Gasteiger partial charge in [0.15, 0.2) is 0 Å². The summed E-state index contributed by atoms with van der Waals surface area (Å²) in [6, 6.07) is 14.5. The van der Waals surface area contributed by atoms with Gasteiger partial charge in [0.1, 0.15) is 18.8 Å². The quantitative estimate of drug-likeness (QED) is 0.734. The lowest BCUT2D eigenvalue weighted by atomic mass is 9.99. The zero-order valence-electron chi connectivity index (χ0n) is 15.6. The predicted octanol–water partition coefficient (Wildman–Crippen LogP) is 2.32. The van der Waals surface area contributed by atoms with Gasteiger partial charge in [0.2, 0.25) is 5.78 Å². The number of carbonyl (C=O) groups excluding carboxylic acids is 1. The molecule has 4 nitrogen and oxygen atoms in total. The zero-order chi connectivity index (χ0) is 18.3. The Morgan fingerprint density at radius 3 is 2.73 bits per heavy atom. The molecule has 26 heavy (non-hydrogen) atoms. The van der Waals surface area contributed by atoms with Crippen LogP contribution in [0.2, 0.25) is 0 Å². The molecular formula is C22H25N2O2+. The van der Waals surface area contributed by atoms with E-state index in [1.165, 1.54) is 16.0 Å². The van der Waals surface area contributed by atoms with Gasteiger partial charge in [-0.25, -0.2) is 0 Å². The molecular weight excluding hydrogens is 324 g/mol. The molecule has 4 rings (SSSR count). The number of nitrogens with zero attached hydrogens (tertiary/aromatic N) is 1. The summed E-state index contributed by atoms with van der Waals surface area (Å²) in [6.07, 6.45) is 1.04. The largest absolute Gasteiger partial charge is 0.497 e. The van der Waals surface area contributed by atoms with Crippen LogP contribution in [0, 0.1) is 6.92 Å². The van der Waals surface area contributed by atoms with E-state index in [4.69, 9.17) is 4.74 Å². The number of rotatable bonds is 4. The summed E-state index contributed by atoms with van der Waals surface area (Å²) in [4.78, 5) is 14.5. The number of hydrogen-bond donors (Lipinski definition) is 1. The molecule has 0 amide bonds. The molecule has 0 saturated carbocycles. The smallest absolute Gasteiger partial charge is 0.219 e. The maximum atomic E-state index is 13.2. The Labute approximate surface area is 154 Å². The number of Topliss-reactive ketones (excluding diaryl/α,β-unsaturated/α-hetero) is 1. The van der Waals surface area contributed by atoms with Crippen molar-refractivity contribution in [3.63, 3.8) is 0 Å². The molecule has 1 N–H and O–H groups in total. The van der Waals surface area contributed by atoms with Crippen molar-refractivity contribution in [3.05, 3.63) is 64.8 Å². The van der Waals surface area contributed by atoms with Gasteiger partial charge in [-0.2, -0.15) is 0 Å². The number of fused-ring (bicyclic) bond motifs is 2. The summed E-state index contributed by atoms with van der Waals surface area (Å²) >= 11 is 0. The van der Waals surface area contributed by atoms with Crippen LogP contribution in [0.5, 0.6) is 5.75 Å². The molecule has 134 valence electrons. The highest BCUT2D eigenvalue weighted by Gasteiger charge is 2.25. The second-order valence-electron chi connectivity index (χ2n) is 7.20. The summed E-state index contributed by atoms with van der Waals surface area (Å²) in [7, 11) is 3.68. The summed E-state index contributed by atoms with van der Waals surface area (Å²) in [5.41, 5.74) is 5.74. The van der Waals surface area contributed by atoms with Crippen LogP contribution in [-0.2, 0) is 20.0 Å². The molecule has 1 aliphatic heterocycles. The van der Waals surface area contributed by atoms with Crippen molar-refractivity contribution in [2.45, 2.75) is 19.9 Å². The van der Waals surface area contributed by atoms with Gasteiger partial charge in [0.25, 0.3) is 0 Å². The van der Waals surface area contributed by atoms with Crippen molar-refractivity contribution in [2.75, 3.05) is 20.2 Å². The number of methoxy groups -OCH3 is 1. The first-order valence-corrected chi connectivity index (χ1v) is 9.15. The summed E-state index contributed by atoms with van der Waals surface area (Å²) in [5, 5.41) is 0.992. The van der Waals surface area contributed by atoms with E-state index in [2.05, 4.69) is 28.8 Å². The van der Waals surface area contributed by atoms with Gasteiger partial charge in [-0.05, 0) is 30.7 Å². The van der Waals surface area contributed by atoms with Crippen LogP contribution in [0.1, 0.15) is 27.2 Å². The highest BCUT2D eigenvalue weighted by atomic mass is 16.5. The lowest BCUT2D eigenvalue weighted by Crippen LogP contribution is -3.12. The Morgan fingerprint density at radius 1 is 1.19 bits per heavy atom. The van der Waals surface area contributed by atoms with Crippen molar-refractivity contribution in [3.8, 4) is 5.75 Å². The van der Waals surface area contributed by atoms with Gasteiger partial charge in [-0.3, -0.25) is 4.79 Å². The first-order valence-electron chi connectivity index (χ1n) is 9.15. The van der Waals surface area contributed by atoms with Crippen LogP contribution < -0.4 is 9.64 Å². The van der Waals surface area contributed by atoms with Gasteiger partial charge in [-0.1, -0.05) is 24.3 Å². The van der Waals surface area contributed by atoms with E-state index in [0.29, 0.717) is 6.54 Å². The molecule has 0 bridgehead atoms. The van der Waals surface area contributed by atoms with Crippen molar-refractivity contribution >= 4 is 16.7 Å². The summed E-state index contributed by atoms with van der Waals surface area (Å²) in [5.74, 6) is 1.01. The lowest BCUT2D eigenvalue weighted by molar-refractivity contribution is -0.907. The average Bonchev–Trinajstić information content (AvgIpc) is 2.91. The Kier molecular flexibility index (Phi) is 4.29. The first-order chi connectivity index (χ1) is 12.6. The molecule has 3 aromatic rings. The molecule has 0 spiro atoms. The predicted molar refractivity (Wildman–Crippen MR) is 103 cm³/mol. The third-order valence-corrected chi connectivity index (χ3v) is 5.70. The molecule has 1 aliphatic rings. The molecule has 0 radical (unpaired) electrons. The topological polar surface area (TPSA) is 35.7 Å². The molecule has 2 aromatic carbocycles. The van der Waals surface area contributed by atoms with Crippen LogP contribution in [0.15, 0.2) is 42.5 Å². The minimum atomic E-state index is 0.218. The van der Waals surface area contributed by atoms with Crippen molar-refractivity contribution in [1.82, 2.24) is 4.57 Å². The number of aromatic nitrogens is 1. The number of nitrogens with one attached hydrogen (secondary N) is 1. The minimum Gasteiger partial charge on any atom is -0.497 e. The second kappa shape index (κ2) is 6.61. The van der Waals surface area contributed by atoms with Gasteiger partial charge in [0, 0.05) is 35.6 Å². The van der Waals surface area contributed by atoms with Crippen molar-refractivity contribution in [1.29, 1.82) is 0 Å². The van der Waals surface area contributed by atoms with Crippen molar-refractivity contribution < 1.29 is 14.4 Å². The number of ketones is 1. The maximum Gasteiger partial charge on any atom is 0.219 e. The van der Waals surface area contributed by atoms with E-state index < -0.39 is 0 Å². The maximum absolute atomic E-state index is 13.2. The highest BCUT2D eigenvalue weighted by molar-refractivity contribution is 6.10. The molecule has 0 aliphatic carbocycles. The van der Waals surface area contributed by atoms with Crippen LogP contribution in [0.25, 0.3) is 10.9 Å². The average molecular weight is 349 g/mol. The number of ether oxygens (including phenoxy) is 1. The van der Waals surface area contributed by atoms with E-state index in [1.54, 1.807) is 7.11 Å². The van der Waals surface area contributed by atoms with Gasteiger partial charge < -0.3 is 14.2 Å². The second-order valence-corrected chi connectivity index (χ2v) is 7.20. The molecule has 2 heterocycles. The Bertz CT molecular complexity index is 987. The summed E-state index contributed by atoms with van der Waals surface area (Å²) < 4.78 is 7.47. The van der Waals surface area contributed by atoms with E-state index in [9.17, 15) is 4.79 Å². The number of carbonyl (C=O) groups is 1. The monoisotopic (exact) mass is 349 g/mol. The van der Waals surface area contributed by atoms with E-state index in [0.717, 1.165) is 47.4 Å². The minimum absolute atomic E-state index is 0.218. The van der Waals surface area contributed by atoms with E-state index in [1.807, 2.05) is 32.2 Å². The Hall–Kier alpha value is -2.59. The SMILES string of the molecule is COc1ccc2c(c1)c(C(=O)C[NH+]1CCc3ccccc3C1)c(C)n2C. The van der Waals surface area contributed by atoms with Crippen LogP contribution in [-0.4, -0.2) is 30.5 Å². The lowest BCUT2D eigenvalue weighted by Gasteiger charge is -2.25. The normalized spacial score (nSPS) is 16.5. The molecule has 1 aromatic heterocycles. The standard InChI is InChI=1S/C22H24N2O2/c1-15-22(19-12-18(26-3)8-9-20(19)23(15)2)21(25)14-24-11-10-16-6-4-5-7-17(16)13-24/h4-9,12H,10-11,13-14H2,1-3H3/p+1. The van der Waals surface area contributed by atoms with E-state index in [-0.39, 0.29) is 5.78 Å². The Morgan fingerprint density at radius 2 is 1.96 bits per heavy atom. The van der Waals surface area contributed by atoms with E-state index >= 15 is 0 Å². The van der Waals surface area contributed by atoms with Gasteiger partial charge >= 0.3 is 0 Å². The molecule has 1 unspecified atom stereocenters. The molecule has 1 atom stereocenters. The van der Waals surface area contributed by atoms with Crippen LogP contribution >= 0.6 is 0 Å². The molecule has 4 heteroatoms. The fraction of sp³-hybridized carbons (Fsp3) is 0.318. The van der Waals surface area contributed by atoms with Gasteiger partial charge in [-0.15, -0.1) is 0 Å². The zero-order valence-corrected chi connectivity index (χ0v) is 15.6. The third kappa shape index (κ3) is 2.80. The van der Waals surface area contributed by atoms with Crippen LogP contribution in [0.3, 0.4) is 0 Å². The Balaban J connectivity index is 1.64. The summed E-state index contributed by atoms with van der Waals surface area (Å²) in [6.45, 7) is 4.50. The van der Waals surface area contributed by atoms with Gasteiger partial charge in [0.05, 0.1) is 19.2 Å².